The second-order valence-corrected chi connectivity index (χ2v) is 6.35. The highest BCUT2D eigenvalue weighted by Gasteiger charge is 2.13. The van der Waals surface area contributed by atoms with Crippen molar-refractivity contribution in [3.05, 3.63) is 78.3 Å². The van der Waals surface area contributed by atoms with Crippen molar-refractivity contribution in [3.8, 4) is 5.75 Å². The van der Waals surface area contributed by atoms with Gasteiger partial charge in [-0.3, -0.25) is 14.4 Å². The zero-order chi connectivity index (χ0) is 22.9. The van der Waals surface area contributed by atoms with Crippen molar-refractivity contribution in [3.63, 3.8) is 0 Å². The number of carbonyl (C=O) groups is 4. The molecule has 162 valence electrons. The molecule has 0 saturated heterocycles. The SMILES string of the molecule is CC(=O)Nc1ccc(NC(=O)C(=O)N/N=C/c2ccc(OC(=O)c3ccco3)cc2)cc1. The number of hydrogen-bond donors (Lipinski definition) is 3. The van der Waals surface area contributed by atoms with Gasteiger partial charge in [-0.05, 0) is 66.2 Å². The largest absolute Gasteiger partial charge is 0.457 e. The van der Waals surface area contributed by atoms with E-state index in [0.717, 1.165) is 0 Å². The summed E-state index contributed by atoms with van der Waals surface area (Å²) in [7, 11) is 0. The Labute approximate surface area is 182 Å². The van der Waals surface area contributed by atoms with Gasteiger partial charge in [0.1, 0.15) is 5.75 Å². The van der Waals surface area contributed by atoms with Gasteiger partial charge >= 0.3 is 17.8 Å². The molecule has 10 nitrogen and oxygen atoms in total. The third-order valence-electron chi connectivity index (χ3n) is 3.86. The van der Waals surface area contributed by atoms with E-state index < -0.39 is 17.8 Å². The van der Waals surface area contributed by atoms with E-state index in [9.17, 15) is 19.2 Å². The molecule has 3 aromatic rings. The number of esters is 1. The van der Waals surface area contributed by atoms with Gasteiger partial charge in [0.2, 0.25) is 11.7 Å². The minimum Gasteiger partial charge on any atom is -0.457 e. The third kappa shape index (κ3) is 6.39. The monoisotopic (exact) mass is 434 g/mol. The fourth-order valence-electron chi connectivity index (χ4n) is 2.42. The van der Waals surface area contributed by atoms with E-state index in [1.54, 1.807) is 54.6 Å². The number of amides is 3. The molecule has 0 aliphatic rings. The topological polar surface area (TPSA) is 139 Å². The zero-order valence-electron chi connectivity index (χ0n) is 16.8. The first-order chi connectivity index (χ1) is 15.4. The number of hydrogen-bond acceptors (Lipinski definition) is 7. The molecule has 10 heteroatoms. The lowest BCUT2D eigenvalue weighted by Crippen LogP contribution is -2.32. The maximum Gasteiger partial charge on any atom is 0.379 e. The smallest absolute Gasteiger partial charge is 0.379 e. The molecule has 0 unspecified atom stereocenters. The summed E-state index contributed by atoms with van der Waals surface area (Å²) in [4.78, 5) is 46.6. The van der Waals surface area contributed by atoms with Gasteiger partial charge in [0.15, 0.2) is 0 Å². The molecular weight excluding hydrogens is 416 g/mol. The second-order valence-electron chi connectivity index (χ2n) is 6.35. The Balaban J connectivity index is 1.47. The number of benzene rings is 2. The molecule has 0 fully saturated rings. The van der Waals surface area contributed by atoms with Gasteiger partial charge in [0.25, 0.3) is 0 Å². The van der Waals surface area contributed by atoms with Crippen LogP contribution in [0.1, 0.15) is 23.0 Å². The molecule has 0 aliphatic heterocycles. The Kier molecular flexibility index (Phi) is 7.10. The normalized spacial score (nSPS) is 10.4. The summed E-state index contributed by atoms with van der Waals surface area (Å²) in [6.07, 6.45) is 2.69. The van der Waals surface area contributed by atoms with Crippen LogP contribution in [0.2, 0.25) is 0 Å². The summed E-state index contributed by atoms with van der Waals surface area (Å²) in [5.74, 6) is -2.33. The van der Waals surface area contributed by atoms with Crippen LogP contribution in [-0.4, -0.2) is 29.9 Å². The van der Waals surface area contributed by atoms with E-state index >= 15 is 0 Å². The molecule has 0 spiro atoms. The molecule has 1 heterocycles. The molecule has 0 atom stereocenters. The fourth-order valence-corrected chi connectivity index (χ4v) is 2.42. The van der Waals surface area contributed by atoms with E-state index in [-0.39, 0.29) is 11.7 Å². The minimum absolute atomic E-state index is 0.0836. The van der Waals surface area contributed by atoms with Gasteiger partial charge in [-0.1, -0.05) is 0 Å². The fraction of sp³-hybridized carbons (Fsp3) is 0.0455. The van der Waals surface area contributed by atoms with E-state index in [1.165, 1.54) is 25.5 Å². The van der Waals surface area contributed by atoms with Crippen LogP contribution in [0.15, 0.2) is 76.4 Å². The van der Waals surface area contributed by atoms with E-state index in [0.29, 0.717) is 22.7 Å². The number of nitrogens with one attached hydrogen (secondary N) is 3. The maximum absolute atomic E-state index is 11.9. The molecule has 1 aromatic heterocycles. The Morgan fingerprint density at radius 3 is 2.12 bits per heavy atom. The first-order valence-corrected chi connectivity index (χ1v) is 9.28. The highest BCUT2D eigenvalue weighted by molar-refractivity contribution is 6.39. The maximum atomic E-state index is 11.9. The van der Waals surface area contributed by atoms with Crippen molar-refractivity contribution < 1.29 is 28.3 Å². The summed E-state index contributed by atoms with van der Waals surface area (Å²) in [5, 5.41) is 8.73. The molecule has 3 N–H and O–H groups in total. The Bertz CT molecular complexity index is 1140. The number of ether oxygens (including phenoxy) is 1. The van der Waals surface area contributed by atoms with Gasteiger partial charge in [0.05, 0.1) is 12.5 Å². The first-order valence-electron chi connectivity index (χ1n) is 9.28. The van der Waals surface area contributed by atoms with Gasteiger partial charge in [0, 0.05) is 18.3 Å². The van der Waals surface area contributed by atoms with Crippen molar-refractivity contribution in [1.82, 2.24) is 5.43 Å². The Morgan fingerprint density at radius 1 is 0.875 bits per heavy atom. The van der Waals surface area contributed by atoms with Crippen LogP contribution in [0.4, 0.5) is 11.4 Å². The van der Waals surface area contributed by atoms with E-state index in [1.807, 2.05) is 0 Å². The number of nitrogens with zero attached hydrogens (tertiary/aromatic N) is 1. The summed E-state index contributed by atoms with van der Waals surface area (Å²) < 4.78 is 10.1. The van der Waals surface area contributed by atoms with Crippen LogP contribution >= 0.6 is 0 Å². The zero-order valence-corrected chi connectivity index (χ0v) is 16.8. The number of hydrazone groups is 1. The number of rotatable bonds is 6. The van der Waals surface area contributed by atoms with Crippen molar-refractivity contribution >= 4 is 41.3 Å². The third-order valence-corrected chi connectivity index (χ3v) is 3.86. The van der Waals surface area contributed by atoms with Gasteiger partial charge in [-0.2, -0.15) is 5.10 Å². The molecule has 0 radical (unpaired) electrons. The lowest BCUT2D eigenvalue weighted by molar-refractivity contribution is -0.136. The molecule has 0 saturated carbocycles. The molecule has 3 amide bonds. The molecule has 0 bridgehead atoms. The lowest BCUT2D eigenvalue weighted by atomic mass is 10.2. The molecule has 32 heavy (non-hydrogen) atoms. The van der Waals surface area contributed by atoms with Crippen LogP contribution in [0.25, 0.3) is 0 Å². The summed E-state index contributed by atoms with van der Waals surface area (Å²) in [6.45, 7) is 1.38. The van der Waals surface area contributed by atoms with Crippen molar-refractivity contribution in [2.45, 2.75) is 6.92 Å². The first kappa shape index (κ1) is 22.0. The minimum atomic E-state index is -0.962. The van der Waals surface area contributed by atoms with Gasteiger partial charge in [-0.25, -0.2) is 10.2 Å². The predicted molar refractivity (Wildman–Crippen MR) is 115 cm³/mol. The lowest BCUT2D eigenvalue weighted by Gasteiger charge is -2.06. The number of furan rings is 1. The van der Waals surface area contributed by atoms with Crippen molar-refractivity contribution in [2.24, 2.45) is 5.10 Å². The van der Waals surface area contributed by atoms with Crippen molar-refractivity contribution in [2.75, 3.05) is 10.6 Å². The standard InChI is InChI=1S/C22H18N4O6/c1-14(27)24-16-6-8-17(9-7-16)25-20(28)21(29)26-23-13-15-4-10-18(11-5-15)32-22(30)19-3-2-12-31-19/h2-13H,1H3,(H,24,27)(H,25,28)(H,26,29)/b23-13+. The van der Waals surface area contributed by atoms with Crippen molar-refractivity contribution in [1.29, 1.82) is 0 Å². The molecule has 3 rings (SSSR count). The molecule has 2 aromatic carbocycles. The Hall–Kier alpha value is -4.73. The Morgan fingerprint density at radius 2 is 1.53 bits per heavy atom. The second kappa shape index (κ2) is 10.3. The van der Waals surface area contributed by atoms with Gasteiger partial charge < -0.3 is 19.8 Å². The molecule has 0 aliphatic carbocycles. The summed E-state index contributed by atoms with van der Waals surface area (Å²) in [5.41, 5.74) is 3.65. The quantitative estimate of drug-likeness (QED) is 0.179. The molecular formula is C22H18N4O6. The number of anilines is 2. The summed E-state index contributed by atoms with van der Waals surface area (Å²) >= 11 is 0. The van der Waals surface area contributed by atoms with Crippen LogP contribution in [0, 0.1) is 0 Å². The van der Waals surface area contributed by atoms with Crippen LogP contribution < -0.4 is 20.8 Å². The highest BCUT2D eigenvalue weighted by atomic mass is 16.5. The van der Waals surface area contributed by atoms with Crippen LogP contribution in [0.5, 0.6) is 5.75 Å². The number of carbonyl (C=O) groups excluding carboxylic acids is 4. The average molecular weight is 434 g/mol. The van der Waals surface area contributed by atoms with E-state index in [4.69, 9.17) is 9.15 Å². The average Bonchev–Trinajstić information content (AvgIpc) is 3.31. The predicted octanol–water partition coefficient (Wildman–Crippen LogP) is 2.55. The van der Waals surface area contributed by atoms with E-state index in [2.05, 4.69) is 21.2 Å². The summed E-state index contributed by atoms with van der Waals surface area (Å²) in [6, 6.07) is 15.6. The van der Waals surface area contributed by atoms with Crippen LogP contribution in [-0.2, 0) is 14.4 Å². The highest BCUT2D eigenvalue weighted by Crippen LogP contribution is 2.14. The van der Waals surface area contributed by atoms with Gasteiger partial charge in [-0.15, -0.1) is 0 Å². The van der Waals surface area contributed by atoms with Crippen LogP contribution in [0.3, 0.4) is 0 Å².